The van der Waals surface area contributed by atoms with Gasteiger partial charge in [0.1, 0.15) is 5.82 Å². The summed E-state index contributed by atoms with van der Waals surface area (Å²) in [6.07, 6.45) is 3.84. The van der Waals surface area contributed by atoms with E-state index in [1.807, 2.05) is 6.07 Å². The Morgan fingerprint density at radius 3 is 3.00 bits per heavy atom. The molecule has 5 nitrogen and oxygen atoms in total. The summed E-state index contributed by atoms with van der Waals surface area (Å²) in [5, 5.41) is 11.1. The molecule has 0 amide bonds. The number of aromatic amines is 1. The molecule has 0 radical (unpaired) electrons. The van der Waals surface area contributed by atoms with Crippen LogP contribution in [0, 0.1) is 0 Å². The minimum atomic E-state index is 0.395. The Bertz CT molecular complexity index is 434. The number of aryl methyl sites for hydroxylation is 1. The number of nitrogens with one attached hydrogen (secondary N) is 2. The van der Waals surface area contributed by atoms with Crippen LogP contribution >= 0.6 is 11.5 Å². The molecule has 0 saturated heterocycles. The molecule has 0 aliphatic carbocycles. The van der Waals surface area contributed by atoms with Crippen molar-refractivity contribution in [1.29, 1.82) is 0 Å². The average Bonchev–Trinajstić information content (AvgIpc) is 2.96. The molecule has 0 aliphatic heterocycles. The Hall–Kier alpha value is -1.43. The van der Waals surface area contributed by atoms with E-state index in [1.165, 1.54) is 17.2 Å². The smallest absolute Gasteiger partial charge is 0.202 e. The molecular formula is C11H17N5S. The topological polar surface area (TPSA) is 66.5 Å². The molecule has 6 heteroatoms. The number of aromatic nitrogens is 4. The molecule has 0 spiro atoms. The molecule has 0 bridgehead atoms. The summed E-state index contributed by atoms with van der Waals surface area (Å²) in [5.41, 5.74) is 1.17. The van der Waals surface area contributed by atoms with Gasteiger partial charge < -0.3 is 5.32 Å². The van der Waals surface area contributed by atoms with Gasteiger partial charge in [0, 0.05) is 35.9 Å². The predicted octanol–water partition coefficient (Wildman–Crippen LogP) is 2.43. The molecular weight excluding hydrogens is 234 g/mol. The Morgan fingerprint density at radius 1 is 1.47 bits per heavy atom. The van der Waals surface area contributed by atoms with Gasteiger partial charge in [-0.25, -0.2) is 4.98 Å². The first-order valence-electron chi connectivity index (χ1n) is 5.81. The van der Waals surface area contributed by atoms with Crippen molar-refractivity contribution in [3.05, 3.63) is 23.8 Å². The third-order valence-electron chi connectivity index (χ3n) is 2.42. The molecule has 0 aliphatic rings. The first-order valence-corrected chi connectivity index (χ1v) is 6.59. The Labute approximate surface area is 105 Å². The van der Waals surface area contributed by atoms with Crippen LogP contribution in [-0.4, -0.2) is 26.1 Å². The quantitative estimate of drug-likeness (QED) is 0.774. The highest BCUT2D eigenvalue weighted by molar-refractivity contribution is 7.09. The summed E-state index contributed by atoms with van der Waals surface area (Å²) >= 11 is 1.43. The lowest BCUT2D eigenvalue weighted by Gasteiger charge is -2.00. The van der Waals surface area contributed by atoms with Crippen molar-refractivity contribution in [2.45, 2.75) is 32.6 Å². The third kappa shape index (κ3) is 3.52. The number of anilines is 1. The second-order valence-electron chi connectivity index (χ2n) is 4.22. The van der Waals surface area contributed by atoms with E-state index in [-0.39, 0.29) is 0 Å². The van der Waals surface area contributed by atoms with E-state index >= 15 is 0 Å². The Morgan fingerprint density at radius 2 is 2.35 bits per heavy atom. The largest absolute Gasteiger partial charge is 0.360 e. The van der Waals surface area contributed by atoms with E-state index in [9.17, 15) is 0 Å². The van der Waals surface area contributed by atoms with Crippen LogP contribution in [0.5, 0.6) is 0 Å². The minimum Gasteiger partial charge on any atom is -0.360 e. The highest BCUT2D eigenvalue weighted by atomic mass is 32.1. The van der Waals surface area contributed by atoms with E-state index in [1.54, 1.807) is 6.20 Å². The fraction of sp³-hybridized carbons (Fsp3) is 0.545. The van der Waals surface area contributed by atoms with Crippen LogP contribution in [0.1, 0.15) is 37.7 Å². The molecule has 0 saturated carbocycles. The first kappa shape index (κ1) is 12.0. The predicted molar refractivity (Wildman–Crippen MR) is 69.4 cm³/mol. The Balaban J connectivity index is 1.71. The van der Waals surface area contributed by atoms with E-state index in [2.05, 4.69) is 38.7 Å². The van der Waals surface area contributed by atoms with Gasteiger partial charge in [-0.3, -0.25) is 5.10 Å². The zero-order valence-electron chi connectivity index (χ0n) is 10.1. The van der Waals surface area contributed by atoms with E-state index in [0.717, 1.165) is 30.3 Å². The van der Waals surface area contributed by atoms with Gasteiger partial charge in [-0.15, -0.1) is 0 Å². The van der Waals surface area contributed by atoms with Crippen LogP contribution in [0.25, 0.3) is 0 Å². The zero-order chi connectivity index (χ0) is 12.1. The molecule has 2 rings (SSSR count). The van der Waals surface area contributed by atoms with Crippen molar-refractivity contribution in [2.24, 2.45) is 0 Å². The highest BCUT2D eigenvalue weighted by Gasteiger charge is 2.06. The standard InChI is InChI=1S/C11H17N5S/c1-8(2)10-14-11(17-16-10)12-6-3-4-9-5-7-13-15-9/h5,7-8H,3-4,6H2,1-2H3,(H,13,15)(H,12,14,16). The van der Waals surface area contributed by atoms with Gasteiger partial charge in [0.15, 0.2) is 0 Å². The fourth-order valence-corrected chi connectivity index (χ4v) is 2.17. The van der Waals surface area contributed by atoms with Crippen LogP contribution in [0.4, 0.5) is 5.13 Å². The maximum Gasteiger partial charge on any atom is 0.202 e. The van der Waals surface area contributed by atoms with Crippen molar-refractivity contribution >= 4 is 16.7 Å². The van der Waals surface area contributed by atoms with Gasteiger partial charge in [0.25, 0.3) is 0 Å². The minimum absolute atomic E-state index is 0.395. The highest BCUT2D eigenvalue weighted by Crippen LogP contribution is 2.17. The van der Waals surface area contributed by atoms with Crippen LogP contribution < -0.4 is 5.32 Å². The molecule has 17 heavy (non-hydrogen) atoms. The summed E-state index contributed by atoms with van der Waals surface area (Å²) in [6, 6.07) is 2.00. The van der Waals surface area contributed by atoms with E-state index < -0.39 is 0 Å². The second-order valence-corrected chi connectivity index (χ2v) is 4.98. The average molecular weight is 251 g/mol. The summed E-state index contributed by atoms with van der Waals surface area (Å²) in [6.45, 7) is 5.11. The molecule has 2 N–H and O–H groups in total. The number of H-pyrrole nitrogens is 1. The lowest BCUT2D eigenvalue weighted by atomic mass is 10.2. The van der Waals surface area contributed by atoms with Crippen LogP contribution in [0.15, 0.2) is 12.3 Å². The van der Waals surface area contributed by atoms with Crippen LogP contribution in [0.3, 0.4) is 0 Å². The number of nitrogens with zero attached hydrogens (tertiary/aromatic N) is 3. The van der Waals surface area contributed by atoms with Gasteiger partial charge in [0.2, 0.25) is 5.13 Å². The SMILES string of the molecule is CC(C)c1nsc(NCCCc2ccn[nH]2)n1. The molecule has 0 unspecified atom stereocenters. The fourth-order valence-electron chi connectivity index (χ4n) is 1.44. The van der Waals surface area contributed by atoms with Gasteiger partial charge in [-0.2, -0.15) is 9.47 Å². The molecule has 0 fully saturated rings. The third-order valence-corrected chi connectivity index (χ3v) is 3.10. The van der Waals surface area contributed by atoms with Crippen molar-refractivity contribution in [3.8, 4) is 0 Å². The van der Waals surface area contributed by atoms with Gasteiger partial charge in [0.05, 0.1) is 0 Å². The number of hydrogen-bond acceptors (Lipinski definition) is 5. The first-order chi connectivity index (χ1) is 8.25. The van der Waals surface area contributed by atoms with Crippen molar-refractivity contribution in [3.63, 3.8) is 0 Å². The maximum absolute atomic E-state index is 4.42. The van der Waals surface area contributed by atoms with Gasteiger partial charge >= 0.3 is 0 Å². The lowest BCUT2D eigenvalue weighted by Crippen LogP contribution is -2.03. The molecule has 2 aromatic rings. The van der Waals surface area contributed by atoms with Crippen molar-refractivity contribution in [1.82, 2.24) is 19.6 Å². The summed E-state index contributed by atoms with van der Waals surface area (Å²) in [4.78, 5) is 4.42. The molecule has 92 valence electrons. The molecule has 2 aromatic heterocycles. The monoisotopic (exact) mass is 251 g/mol. The summed E-state index contributed by atoms with van der Waals surface area (Å²) < 4.78 is 4.30. The van der Waals surface area contributed by atoms with Crippen molar-refractivity contribution < 1.29 is 0 Å². The van der Waals surface area contributed by atoms with Crippen LogP contribution in [0.2, 0.25) is 0 Å². The Kier molecular flexibility index (Phi) is 4.08. The van der Waals surface area contributed by atoms with Crippen molar-refractivity contribution in [2.75, 3.05) is 11.9 Å². The number of rotatable bonds is 6. The summed E-state index contributed by atoms with van der Waals surface area (Å²) in [5.74, 6) is 1.32. The van der Waals surface area contributed by atoms with E-state index in [4.69, 9.17) is 0 Å². The number of hydrogen-bond donors (Lipinski definition) is 2. The van der Waals surface area contributed by atoms with Gasteiger partial charge in [-0.1, -0.05) is 13.8 Å². The molecule has 2 heterocycles. The molecule has 0 atom stereocenters. The zero-order valence-corrected chi connectivity index (χ0v) is 10.9. The maximum atomic E-state index is 4.42. The van der Waals surface area contributed by atoms with Gasteiger partial charge in [-0.05, 0) is 18.9 Å². The molecule has 0 aromatic carbocycles. The lowest BCUT2D eigenvalue weighted by molar-refractivity contribution is 0.795. The second kappa shape index (κ2) is 5.77. The van der Waals surface area contributed by atoms with Crippen LogP contribution in [-0.2, 0) is 6.42 Å². The normalized spacial score (nSPS) is 11.0. The van der Waals surface area contributed by atoms with E-state index in [0.29, 0.717) is 5.92 Å². The summed E-state index contributed by atoms with van der Waals surface area (Å²) in [7, 11) is 0.